The van der Waals surface area contributed by atoms with Gasteiger partial charge in [0.1, 0.15) is 0 Å². The van der Waals surface area contributed by atoms with Crippen molar-refractivity contribution in [3.8, 4) is 0 Å². The maximum atomic E-state index is 11.1. The first kappa shape index (κ1) is 14.4. The fourth-order valence-electron chi connectivity index (χ4n) is 1.06. The molecule has 0 heterocycles. The molecule has 0 saturated carbocycles. The first-order valence-corrected chi connectivity index (χ1v) is 5.38. The van der Waals surface area contributed by atoms with Gasteiger partial charge in [-0.15, -0.1) is 0 Å². The Bertz CT molecular complexity index is 282. The highest BCUT2D eigenvalue weighted by molar-refractivity contribution is 5.87. The lowest BCUT2D eigenvalue weighted by Gasteiger charge is -2.05. The average molecular weight is 225 g/mol. The summed E-state index contributed by atoms with van der Waals surface area (Å²) < 4.78 is 0. The van der Waals surface area contributed by atoms with E-state index in [4.69, 9.17) is 5.11 Å². The normalized spacial score (nSPS) is 13.1. The van der Waals surface area contributed by atoms with Crippen LogP contribution in [0.15, 0.2) is 24.3 Å². The van der Waals surface area contributed by atoms with Gasteiger partial charge in [-0.3, -0.25) is 9.59 Å². The van der Waals surface area contributed by atoms with Crippen LogP contribution in [0.4, 0.5) is 0 Å². The predicted molar refractivity (Wildman–Crippen MR) is 63.0 cm³/mol. The second-order valence-corrected chi connectivity index (χ2v) is 3.56. The number of hydrogen-bond acceptors (Lipinski definition) is 2. The lowest BCUT2D eigenvalue weighted by Crippen LogP contribution is -2.23. The molecule has 0 aliphatic rings. The Hall–Kier alpha value is -1.58. The zero-order valence-electron chi connectivity index (χ0n) is 9.77. The van der Waals surface area contributed by atoms with Gasteiger partial charge in [0.15, 0.2) is 0 Å². The molecule has 2 N–H and O–H groups in total. The fourth-order valence-corrected chi connectivity index (χ4v) is 1.06. The standard InChI is InChI=1S/C12H19NO3/c1-3-4-5-8-11(14)13-9-6-7-10(2)12(15)16/h3-5,8,10H,6-7,9H2,1-2H3,(H,13,14)(H,15,16). The Morgan fingerprint density at radius 2 is 2.06 bits per heavy atom. The quantitative estimate of drug-likeness (QED) is 0.394. The molecule has 0 radical (unpaired) electrons. The summed E-state index contributed by atoms with van der Waals surface area (Å²) in [5.41, 5.74) is 0. The van der Waals surface area contributed by atoms with Gasteiger partial charge in [-0.1, -0.05) is 25.2 Å². The maximum Gasteiger partial charge on any atom is 0.306 e. The molecule has 1 unspecified atom stereocenters. The molecule has 0 rings (SSSR count). The molecule has 0 aromatic heterocycles. The molecule has 0 aliphatic carbocycles. The highest BCUT2D eigenvalue weighted by Gasteiger charge is 2.09. The van der Waals surface area contributed by atoms with Crippen molar-refractivity contribution in [2.75, 3.05) is 6.54 Å². The van der Waals surface area contributed by atoms with Crippen molar-refractivity contribution in [2.45, 2.75) is 26.7 Å². The number of carboxylic acid groups (broad SMARTS) is 1. The second kappa shape index (κ2) is 8.71. The molecular formula is C12H19NO3. The molecule has 90 valence electrons. The molecule has 1 amide bonds. The van der Waals surface area contributed by atoms with E-state index in [0.29, 0.717) is 19.4 Å². The van der Waals surface area contributed by atoms with Gasteiger partial charge in [-0.05, 0) is 19.8 Å². The largest absolute Gasteiger partial charge is 0.481 e. The molecule has 0 spiro atoms. The van der Waals surface area contributed by atoms with E-state index in [1.165, 1.54) is 6.08 Å². The van der Waals surface area contributed by atoms with Gasteiger partial charge in [0.25, 0.3) is 0 Å². The number of amides is 1. The van der Waals surface area contributed by atoms with Crippen LogP contribution in [0.1, 0.15) is 26.7 Å². The Kier molecular flexibility index (Phi) is 7.85. The topological polar surface area (TPSA) is 66.4 Å². The molecule has 4 heteroatoms. The monoisotopic (exact) mass is 225 g/mol. The van der Waals surface area contributed by atoms with E-state index in [9.17, 15) is 9.59 Å². The van der Waals surface area contributed by atoms with E-state index >= 15 is 0 Å². The maximum absolute atomic E-state index is 11.1. The predicted octanol–water partition coefficient (Wildman–Crippen LogP) is 1.74. The number of nitrogens with one attached hydrogen (secondary N) is 1. The van der Waals surface area contributed by atoms with E-state index in [1.807, 2.05) is 13.0 Å². The number of aliphatic carboxylic acids is 1. The number of carbonyl (C=O) groups is 2. The molecule has 1 atom stereocenters. The molecule has 0 bridgehead atoms. The van der Waals surface area contributed by atoms with Crippen molar-refractivity contribution >= 4 is 11.9 Å². The molecule has 4 nitrogen and oxygen atoms in total. The SMILES string of the molecule is CC=CC=CC(=O)NCCCC(C)C(=O)O. The van der Waals surface area contributed by atoms with Crippen LogP contribution in [0, 0.1) is 5.92 Å². The average Bonchev–Trinajstić information content (AvgIpc) is 2.24. The van der Waals surface area contributed by atoms with Gasteiger partial charge in [0.05, 0.1) is 5.92 Å². The van der Waals surface area contributed by atoms with Gasteiger partial charge in [-0.25, -0.2) is 0 Å². The zero-order valence-corrected chi connectivity index (χ0v) is 9.77. The van der Waals surface area contributed by atoms with Crippen LogP contribution in [0.3, 0.4) is 0 Å². The molecule has 0 saturated heterocycles. The summed E-state index contributed by atoms with van der Waals surface area (Å²) in [6.45, 7) is 4.04. The fraction of sp³-hybridized carbons (Fsp3) is 0.500. The van der Waals surface area contributed by atoms with Crippen molar-refractivity contribution in [3.05, 3.63) is 24.3 Å². The molecule has 0 aliphatic heterocycles. The van der Waals surface area contributed by atoms with Crippen molar-refractivity contribution in [3.63, 3.8) is 0 Å². The van der Waals surface area contributed by atoms with E-state index < -0.39 is 5.97 Å². The lowest BCUT2D eigenvalue weighted by molar-refractivity contribution is -0.141. The van der Waals surface area contributed by atoms with E-state index in [1.54, 1.807) is 19.1 Å². The van der Waals surface area contributed by atoms with Crippen LogP contribution in [-0.4, -0.2) is 23.5 Å². The van der Waals surface area contributed by atoms with Crippen molar-refractivity contribution in [1.82, 2.24) is 5.32 Å². The zero-order chi connectivity index (χ0) is 12.4. The highest BCUT2D eigenvalue weighted by atomic mass is 16.4. The van der Waals surface area contributed by atoms with Crippen molar-refractivity contribution in [2.24, 2.45) is 5.92 Å². The Labute approximate surface area is 96.0 Å². The van der Waals surface area contributed by atoms with Crippen LogP contribution in [0.5, 0.6) is 0 Å². The Balaban J connectivity index is 3.59. The summed E-state index contributed by atoms with van der Waals surface area (Å²) in [4.78, 5) is 21.6. The second-order valence-electron chi connectivity index (χ2n) is 3.56. The summed E-state index contributed by atoms with van der Waals surface area (Å²) >= 11 is 0. The Morgan fingerprint density at radius 1 is 1.38 bits per heavy atom. The third-order valence-corrected chi connectivity index (χ3v) is 2.09. The minimum Gasteiger partial charge on any atom is -0.481 e. The van der Waals surface area contributed by atoms with Gasteiger partial charge >= 0.3 is 5.97 Å². The minimum atomic E-state index is -0.792. The van der Waals surface area contributed by atoms with E-state index in [-0.39, 0.29) is 11.8 Å². The van der Waals surface area contributed by atoms with Gasteiger partial charge in [0, 0.05) is 12.6 Å². The smallest absolute Gasteiger partial charge is 0.306 e. The van der Waals surface area contributed by atoms with E-state index in [0.717, 1.165) is 0 Å². The third kappa shape index (κ3) is 7.79. The molecule has 0 aromatic carbocycles. The molecule has 0 aromatic rings. The summed E-state index contributed by atoms with van der Waals surface area (Å²) in [6.07, 6.45) is 7.96. The lowest BCUT2D eigenvalue weighted by atomic mass is 10.1. The summed E-state index contributed by atoms with van der Waals surface area (Å²) in [6, 6.07) is 0. The molecule has 16 heavy (non-hydrogen) atoms. The van der Waals surface area contributed by atoms with Crippen LogP contribution in [-0.2, 0) is 9.59 Å². The third-order valence-electron chi connectivity index (χ3n) is 2.09. The van der Waals surface area contributed by atoms with E-state index in [2.05, 4.69) is 5.32 Å². The van der Waals surface area contributed by atoms with Crippen LogP contribution in [0.25, 0.3) is 0 Å². The summed E-state index contributed by atoms with van der Waals surface area (Å²) in [5, 5.41) is 11.3. The number of allylic oxidation sites excluding steroid dienone is 3. The van der Waals surface area contributed by atoms with Crippen molar-refractivity contribution in [1.29, 1.82) is 0 Å². The first-order valence-electron chi connectivity index (χ1n) is 5.38. The number of carboxylic acids is 1. The first-order chi connectivity index (χ1) is 7.57. The van der Waals surface area contributed by atoms with Crippen LogP contribution in [0.2, 0.25) is 0 Å². The number of rotatable bonds is 7. The Morgan fingerprint density at radius 3 is 2.62 bits per heavy atom. The number of carbonyl (C=O) groups excluding carboxylic acids is 1. The minimum absolute atomic E-state index is 0.152. The van der Waals surface area contributed by atoms with Gasteiger partial charge < -0.3 is 10.4 Å². The summed E-state index contributed by atoms with van der Waals surface area (Å²) in [5.74, 6) is -1.30. The van der Waals surface area contributed by atoms with Crippen LogP contribution < -0.4 is 5.32 Å². The summed E-state index contributed by atoms with van der Waals surface area (Å²) in [7, 11) is 0. The van der Waals surface area contributed by atoms with Crippen molar-refractivity contribution < 1.29 is 14.7 Å². The van der Waals surface area contributed by atoms with Gasteiger partial charge in [0.2, 0.25) is 5.91 Å². The van der Waals surface area contributed by atoms with Crippen LogP contribution >= 0.6 is 0 Å². The highest BCUT2D eigenvalue weighted by Crippen LogP contribution is 2.03. The molecule has 0 fully saturated rings. The number of hydrogen-bond donors (Lipinski definition) is 2. The molecular weight excluding hydrogens is 206 g/mol. The van der Waals surface area contributed by atoms with Gasteiger partial charge in [-0.2, -0.15) is 0 Å².